The maximum absolute atomic E-state index is 11.2. The van der Waals surface area contributed by atoms with Gasteiger partial charge in [0.15, 0.2) is 0 Å². The van der Waals surface area contributed by atoms with E-state index in [4.69, 9.17) is 5.11 Å². The second kappa shape index (κ2) is 3.57. The number of benzene rings is 1. The predicted molar refractivity (Wildman–Crippen MR) is 56.7 cm³/mol. The van der Waals surface area contributed by atoms with Crippen LogP contribution >= 0.6 is 0 Å². The Labute approximate surface area is 86.2 Å². The monoisotopic (exact) mass is 202 g/mol. The molecule has 0 atom stereocenters. The largest absolute Gasteiger partial charge is 0.508 e. The van der Waals surface area contributed by atoms with Gasteiger partial charge in [-0.25, -0.2) is 4.98 Å². The average molecular weight is 202 g/mol. The van der Waals surface area contributed by atoms with Gasteiger partial charge in [-0.15, -0.1) is 0 Å². The van der Waals surface area contributed by atoms with Crippen molar-refractivity contribution in [2.45, 2.75) is 6.92 Å². The Kier molecular flexibility index (Phi) is 2.25. The Balaban J connectivity index is 2.54. The quantitative estimate of drug-likeness (QED) is 0.735. The SMILES string of the molecule is Cc1cc(=O)[nH]c(-c2ccc(O)cc2)n1. The Morgan fingerprint density at radius 3 is 2.53 bits per heavy atom. The third-order valence-corrected chi connectivity index (χ3v) is 2.01. The predicted octanol–water partition coefficient (Wildman–Crippen LogP) is 1.45. The van der Waals surface area contributed by atoms with Crippen LogP contribution in [-0.4, -0.2) is 15.1 Å². The molecule has 0 aliphatic rings. The van der Waals surface area contributed by atoms with Crippen molar-refractivity contribution in [2.24, 2.45) is 0 Å². The third-order valence-electron chi connectivity index (χ3n) is 2.01. The van der Waals surface area contributed by atoms with Crippen LogP contribution in [-0.2, 0) is 0 Å². The van der Waals surface area contributed by atoms with Gasteiger partial charge in [0, 0.05) is 17.3 Å². The third kappa shape index (κ3) is 2.04. The van der Waals surface area contributed by atoms with Crippen molar-refractivity contribution < 1.29 is 5.11 Å². The van der Waals surface area contributed by atoms with Crippen LogP contribution in [0.25, 0.3) is 11.4 Å². The molecule has 0 unspecified atom stereocenters. The van der Waals surface area contributed by atoms with E-state index < -0.39 is 0 Å². The van der Waals surface area contributed by atoms with Crippen LogP contribution in [0.5, 0.6) is 5.75 Å². The molecule has 0 fully saturated rings. The molecule has 4 heteroatoms. The summed E-state index contributed by atoms with van der Waals surface area (Å²) in [7, 11) is 0. The highest BCUT2D eigenvalue weighted by atomic mass is 16.3. The number of phenols is 1. The minimum atomic E-state index is -0.175. The van der Waals surface area contributed by atoms with Gasteiger partial charge < -0.3 is 10.1 Å². The highest BCUT2D eigenvalue weighted by Crippen LogP contribution is 2.17. The molecule has 2 N–H and O–H groups in total. The summed E-state index contributed by atoms with van der Waals surface area (Å²) in [5.41, 5.74) is 1.26. The molecule has 1 aromatic carbocycles. The van der Waals surface area contributed by atoms with E-state index in [0.29, 0.717) is 11.5 Å². The first kappa shape index (κ1) is 9.45. The molecule has 1 aromatic heterocycles. The highest BCUT2D eigenvalue weighted by Gasteiger charge is 2.01. The van der Waals surface area contributed by atoms with Crippen molar-refractivity contribution in [1.29, 1.82) is 0 Å². The van der Waals surface area contributed by atoms with Crippen molar-refractivity contribution in [3.63, 3.8) is 0 Å². The summed E-state index contributed by atoms with van der Waals surface area (Å²) in [5.74, 6) is 0.703. The van der Waals surface area contributed by atoms with E-state index in [-0.39, 0.29) is 11.3 Å². The van der Waals surface area contributed by atoms with Crippen LogP contribution in [0.4, 0.5) is 0 Å². The number of aromatic amines is 1. The maximum Gasteiger partial charge on any atom is 0.251 e. The molecule has 0 spiro atoms. The fourth-order valence-corrected chi connectivity index (χ4v) is 1.34. The van der Waals surface area contributed by atoms with Crippen molar-refractivity contribution in [2.75, 3.05) is 0 Å². The minimum absolute atomic E-state index is 0.175. The average Bonchev–Trinajstić information content (AvgIpc) is 2.17. The summed E-state index contributed by atoms with van der Waals surface area (Å²) in [5, 5.41) is 9.12. The number of H-pyrrole nitrogens is 1. The number of aryl methyl sites for hydroxylation is 1. The van der Waals surface area contributed by atoms with Crippen LogP contribution < -0.4 is 5.56 Å². The summed E-state index contributed by atoms with van der Waals surface area (Å²) >= 11 is 0. The molecular formula is C11H10N2O2. The lowest BCUT2D eigenvalue weighted by Gasteiger charge is -2.01. The molecule has 2 aromatic rings. The van der Waals surface area contributed by atoms with Crippen molar-refractivity contribution in [3.05, 3.63) is 46.4 Å². The molecule has 0 bridgehead atoms. The Morgan fingerprint density at radius 1 is 1.27 bits per heavy atom. The Bertz CT molecular complexity index is 529. The van der Waals surface area contributed by atoms with Gasteiger partial charge >= 0.3 is 0 Å². The second-order valence-corrected chi connectivity index (χ2v) is 3.28. The summed E-state index contributed by atoms with van der Waals surface area (Å²) in [6.07, 6.45) is 0. The minimum Gasteiger partial charge on any atom is -0.508 e. The molecule has 1 heterocycles. The molecule has 4 nitrogen and oxygen atoms in total. The van der Waals surface area contributed by atoms with Crippen LogP contribution in [0.1, 0.15) is 5.69 Å². The first-order chi connectivity index (χ1) is 7.15. The Hall–Kier alpha value is -2.10. The van der Waals surface area contributed by atoms with E-state index in [1.54, 1.807) is 31.2 Å². The van der Waals surface area contributed by atoms with Crippen LogP contribution in [0, 0.1) is 6.92 Å². The molecule has 2 rings (SSSR count). The van der Waals surface area contributed by atoms with Crippen molar-refractivity contribution in [3.8, 4) is 17.1 Å². The topological polar surface area (TPSA) is 66.0 Å². The van der Waals surface area contributed by atoms with Crippen LogP contribution in [0.2, 0.25) is 0 Å². The summed E-state index contributed by atoms with van der Waals surface area (Å²) in [4.78, 5) is 18.0. The molecular weight excluding hydrogens is 192 g/mol. The number of aromatic hydroxyl groups is 1. The second-order valence-electron chi connectivity index (χ2n) is 3.28. The van der Waals surface area contributed by atoms with Gasteiger partial charge in [0.05, 0.1) is 0 Å². The lowest BCUT2D eigenvalue weighted by molar-refractivity contribution is 0.475. The zero-order valence-corrected chi connectivity index (χ0v) is 8.19. The number of rotatable bonds is 1. The Morgan fingerprint density at radius 2 is 1.93 bits per heavy atom. The van der Waals surface area contributed by atoms with Crippen LogP contribution in [0.3, 0.4) is 0 Å². The molecule has 15 heavy (non-hydrogen) atoms. The maximum atomic E-state index is 11.2. The molecule has 0 saturated carbocycles. The van der Waals surface area contributed by atoms with E-state index in [0.717, 1.165) is 5.56 Å². The summed E-state index contributed by atoms with van der Waals surface area (Å²) < 4.78 is 0. The van der Waals surface area contributed by atoms with Gasteiger partial charge in [-0.1, -0.05) is 0 Å². The van der Waals surface area contributed by atoms with Gasteiger partial charge in [0.1, 0.15) is 11.6 Å². The number of hydrogen-bond donors (Lipinski definition) is 2. The standard InChI is InChI=1S/C11H10N2O2/c1-7-6-10(15)13-11(12-7)8-2-4-9(14)5-3-8/h2-6,14H,1H3,(H,12,13,15). The molecule has 0 saturated heterocycles. The van der Waals surface area contributed by atoms with Gasteiger partial charge in [-0.05, 0) is 31.2 Å². The van der Waals surface area contributed by atoms with E-state index in [1.165, 1.54) is 6.07 Å². The number of nitrogens with zero attached hydrogens (tertiary/aromatic N) is 1. The van der Waals surface area contributed by atoms with Gasteiger partial charge in [0.25, 0.3) is 5.56 Å². The first-order valence-corrected chi connectivity index (χ1v) is 4.52. The molecule has 0 aliphatic carbocycles. The number of hydrogen-bond acceptors (Lipinski definition) is 3. The van der Waals surface area contributed by atoms with E-state index in [1.807, 2.05) is 0 Å². The fourth-order valence-electron chi connectivity index (χ4n) is 1.34. The zero-order valence-electron chi connectivity index (χ0n) is 8.19. The van der Waals surface area contributed by atoms with Gasteiger partial charge in [0.2, 0.25) is 0 Å². The number of phenolic OH excluding ortho intramolecular Hbond substituents is 1. The lowest BCUT2D eigenvalue weighted by atomic mass is 10.2. The zero-order chi connectivity index (χ0) is 10.8. The molecule has 76 valence electrons. The normalized spacial score (nSPS) is 10.2. The summed E-state index contributed by atoms with van der Waals surface area (Å²) in [6, 6.07) is 7.94. The number of aromatic nitrogens is 2. The van der Waals surface area contributed by atoms with Gasteiger partial charge in [-0.3, -0.25) is 4.79 Å². The van der Waals surface area contributed by atoms with E-state index in [9.17, 15) is 4.79 Å². The number of nitrogens with one attached hydrogen (secondary N) is 1. The highest BCUT2D eigenvalue weighted by molar-refractivity contribution is 5.55. The van der Waals surface area contributed by atoms with E-state index in [2.05, 4.69) is 9.97 Å². The van der Waals surface area contributed by atoms with E-state index >= 15 is 0 Å². The summed E-state index contributed by atoms with van der Waals surface area (Å²) in [6.45, 7) is 1.76. The first-order valence-electron chi connectivity index (χ1n) is 4.52. The fraction of sp³-hybridized carbons (Fsp3) is 0.0909. The molecule has 0 radical (unpaired) electrons. The van der Waals surface area contributed by atoms with Crippen molar-refractivity contribution in [1.82, 2.24) is 9.97 Å². The molecule has 0 aliphatic heterocycles. The van der Waals surface area contributed by atoms with Crippen LogP contribution in [0.15, 0.2) is 35.1 Å². The van der Waals surface area contributed by atoms with Crippen molar-refractivity contribution >= 4 is 0 Å². The smallest absolute Gasteiger partial charge is 0.251 e. The molecule has 0 amide bonds. The lowest BCUT2D eigenvalue weighted by Crippen LogP contribution is -2.08. The van der Waals surface area contributed by atoms with Gasteiger partial charge in [-0.2, -0.15) is 0 Å².